The Morgan fingerprint density at radius 1 is 1.31 bits per heavy atom. The maximum Gasteiger partial charge on any atom is 0.306 e. The van der Waals surface area contributed by atoms with Gasteiger partial charge >= 0.3 is 5.97 Å². The van der Waals surface area contributed by atoms with E-state index in [9.17, 15) is 4.79 Å². The number of halogens is 1. The highest BCUT2D eigenvalue weighted by atomic mass is 35.5. The molecule has 2 aromatic rings. The standard InChI is InChI=1S/C18H21ClN4O3/c1-11-20-16(22-13-3-4-15(26-2)14(19)9-13)10-17(21-11)23-7-5-12(6-8-23)18(24)25/h3-4,9-10,12H,5-8H2,1-2H3,(H,24,25)(H,20,21,22). The van der Waals surface area contributed by atoms with Crippen LogP contribution in [-0.2, 0) is 4.79 Å². The Hall–Kier alpha value is -2.54. The molecule has 1 aliphatic heterocycles. The number of hydrogen-bond acceptors (Lipinski definition) is 6. The van der Waals surface area contributed by atoms with Crippen LogP contribution in [0.3, 0.4) is 0 Å². The van der Waals surface area contributed by atoms with Crippen LogP contribution in [0.15, 0.2) is 24.3 Å². The number of carboxylic acids is 1. The number of carboxylic acid groups (broad SMARTS) is 1. The van der Waals surface area contributed by atoms with Gasteiger partial charge in [-0.3, -0.25) is 4.79 Å². The third-order valence-electron chi connectivity index (χ3n) is 4.42. The van der Waals surface area contributed by atoms with Crippen molar-refractivity contribution >= 4 is 34.9 Å². The fourth-order valence-corrected chi connectivity index (χ4v) is 3.28. The monoisotopic (exact) mass is 376 g/mol. The van der Waals surface area contributed by atoms with Gasteiger partial charge in [0.2, 0.25) is 0 Å². The molecule has 0 spiro atoms. The van der Waals surface area contributed by atoms with E-state index in [0.717, 1.165) is 11.5 Å². The highest BCUT2D eigenvalue weighted by molar-refractivity contribution is 6.32. The number of ether oxygens (including phenoxy) is 1. The summed E-state index contributed by atoms with van der Waals surface area (Å²) in [5, 5.41) is 12.9. The number of aromatic nitrogens is 2. The van der Waals surface area contributed by atoms with Gasteiger partial charge in [0.15, 0.2) is 0 Å². The maximum absolute atomic E-state index is 11.1. The number of piperidine rings is 1. The zero-order valence-electron chi connectivity index (χ0n) is 14.7. The van der Waals surface area contributed by atoms with Gasteiger partial charge in [-0.15, -0.1) is 0 Å². The fourth-order valence-electron chi connectivity index (χ4n) is 3.03. The molecule has 0 unspecified atom stereocenters. The van der Waals surface area contributed by atoms with E-state index in [1.807, 2.05) is 19.1 Å². The number of nitrogens with zero attached hydrogens (tertiary/aromatic N) is 3. The van der Waals surface area contributed by atoms with E-state index in [1.165, 1.54) is 0 Å². The molecule has 0 atom stereocenters. The summed E-state index contributed by atoms with van der Waals surface area (Å²) in [6, 6.07) is 7.29. The Kier molecular flexibility index (Phi) is 5.46. The van der Waals surface area contributed by atoms with Crippen LogP contribution in [0.4, 0.5) is 17.3 Å². The van der Waals surface area contributed by atoms with E-state index in [1.54, 1.807) is 19.2 Å². The summed E-state index contributed by atoms with van der Waals surface area (Å²) in [5.74, 6) is 1.72. The second kappa shape index (κ2) is 7.78. The Balaban J connectivity index is 1.76. The van der Waals surface area contributed by atoms with Gasteiger partial charge in [-0.05, 0) is 38.0 Å². The molecular weight excluding hydrogens is 356 g/mol. The molecule has 2 N–H and O–H groups in total. The molecular formula is C18H21ClN4O3. The molecule has 8 heteroatoms. The van der Waals surface area contributed by atoms with Gasteiger partial charge < -0.3 is 20.1 Å². The summed E-state index contributed by atoms with van der Waals surface area (Å²) in [4.78, 5) is 22.1. The predicted molar refractivity (Wildman–Crippen MR) is 101 cm³/mol. The first-order valence-corrected chi connectivity index (χ1v) is 8.78. The van der Waals surface area contributed by atoms with E-state index in [4.69, 9.17) is 21.4 Å². The van der Waals surface area contributed by atoms with Crippen LogP contribution in [0.1, 0.15) is 18.7 Å². The molecule has 1 fully saturated rings. The van der Waals surface area contributed by atoms with Crippen molar-refractivity contribution in [2.45, 2.75) is 19.8 Å². The first kappa shape index (κ1) is 18.3. The molecule has 7 nitrogen and oxygen atoms in total. The van der Waals surface area contributed by atoms with Gasteiger partial charge in [0.1, 0.15) is 23.2 Å². The quantitative estimate of drug-likeness (QED) is 0.825. The second-order valence-electron chi connectivity index (χ2n) is 6.23. The molecule has 26 heavy (non-hydrogen) atoms. The molecule has 1 aromatic heterocycles. The highest BCUT2D eigenvalue weighted by Gasteiger charge is 2.25. The minimum Gasteiger partial charge on any atom is -0.495 e. The van der Waals surface area contributed by atoms with E-state index in [0.29, 0.717) is 48.3 Å². The zero-order valence-corrected chi connectivity index (χ0v) is 15.5. The highest BCUT2D eigenvalue weighted by Crippen LogP contribution is 2.29. The predicted octanol–water partition coefficient (Wildman–Crippen LogP) is 3.49. The van der Waals surface area contributed by atoms with Crippen LogP contribution in [-0.4, -0.2) is 41.2 Å². The average molecular weight is 377 g/mol. The topological polar surface area (TPSA) is 87.6 Å². The summed E-state index contributed by atoms with van der Waals surface area (Å²) in [5.41, 5.74) is 0.796. The van der Waals surface area contributed by atoms with E-state index in [-0.39, 0.29) is 5.92 Å². The van der Waals surface area contributed by atoms with Crippen molar-refractivity contribution in [3.63, 3.8) is 0 Å². The van der Waals surface area contributed by atoms with Crippen molar-refractivity contribution in [2.75, 3.05) is 30.4 Å². The number of rotatable bonds is 5. The van der Waals surface area contributed by atoms with Crippen LogP contribution < -0.4 is 15.0 Å². The first-order chi connectivity index (χ1) is 12.5. The van der Waals surface area contributed by atoms with Crippen molar-refractivity contribution in [3.8, 4) is 5.75 Å². The third kappa shape index (κ3) is 4.16. The van der Waals surface area contributed by atoms with Crippen molar-refractivity contribution in [2.24, 2.45) is 5.92 Å². The largest absolute Gasteiger partial charge is 0.495 e. The number of methoxy groups -OCH3 is 1. The molecule has 0 radical (unpaired) electrons. The Morgan fingerprint density at radius 3 is 2.65 bits per heavy atom. The number of benzene rings is 1. The molecule has 3 rings (SSSR count). The first-order valence-electron chi connectivity index (χ1n) is 8.40. The maximum atomic E-state index is 11.1. The molecule has 1 saturated heterocycles. The molecule has 0 aliphatic carbocycles. The Morgan fingerprint density at radius 2 is 2.04 bits per heavy atom. The number of carbonyl (C=O) groups is 1. The summed E-state index contributed by atoms with van der Waals surface area (Å²) in [6.45, 7) is 3.17. The van der Waals surface area contributed by atoms with Crippen molar-refractivity contribution in [3.05, 3.63) is 35.1 Å². The van der Waals surface area contributed by atoms with Gasteiger partial charge in [0, 0.05) is 24.8 Å². The van der Waals surface area contributed by atoms with Crippen molar-refractivity contribution in [1.82, 2.24) is 9.97 Å². The normalized spacial score (nSPS) is 15.0. The Bertz CT molecular complexity index is 807. The van der Waals surface area contributed by atoms with Gasteiger partial charge in [-0.2, -0.15) is 0 Å². The summed E-state index contributed by atoms with van der Waals surface area (Å²) in [6.07, 6.45) is 1.24. The fraction of sp³-hybridized carbons (Fsp3) is 0.389. The van der Waals surface area contributed by atoms with Crippen LogP contribution in [0.2, 0.25) is 5.02 Å². The Labute approximate surface area is 157 Å². The average Bonchev–Trinajstić information content (AvgIpc) is 2.61. The molecule has 1 aromatic carbocycles. The number of hydrogen-bond donors (Lipinski definition) is 2. The van der Waals surface area contributed by atoms with Crippen LogP contribution >= 0.6 is 11.6 Å². The van der Waals surface area contributed by atoms with Crippen LogP contribution in [0.5, 0.6) is 5.75 Å². The molecule has 1 aliphatic rings. The van der Waals surface area contributed by atoms with E-state index < -0.39 is 5.97 Å². The second-order valence-corrected chi connectivity index (χ2v) is 6.64. The number of aliphatic carboxylic acids is 1. The molecule has 138 valence electrons. The SMILES string of the molecule is COc1ccc(Nc2cc(N3CCC(C(=O)O)CC3)nc(C)n2)cc1Cl. The summed E-state index contributed by atoms with van der Waals surface area (Å²) >= 11 is 6.17. The van der Waals surface area contributed by atoms with Gasteiger partial charge in [-0.25, -0.2) is 9.97 Å². The number of nitrogens with one attached hydrogen (secondary N) is 1. The minimum absolute atomic E-state index is 0.270. The number of anilines is 3. The zero-order chi connectivity index (χ0) is 18.7. The lowest BCUT2D eigenvalue weighted by atomic mass is 9.97. The lowest BCUT2D eigenvalue weighted by Crippen LogP contribution is -2.36. The van der Waals surface area contributed by atoms with E-state index in [2.05, 4.69) is 20.2 Å². The van der Waals surface area contributed by atoms with Gasteiger partial charge in [-0.1, -0.05) is 11.6 Å². The van der Waals surface area contributed by atoms with E-state index >= 15 is 0 Å². The molecule has 2 heterocycles. The lowest BCUT2D eigenvalue weighted by Gasteiger charge is -2.31. The summed E-state index contributed by atoms with van der Waals surface area (Å²) < 4.78 is 5.16. The minimum atomic E-state index is -0.720. The van der Waals surface area contributed by atoms with Gasteiger partial charge in [0.05, 0.1) is 18.1 Å². The van der Waals surface area contributed by atoms with Crippen molar-refractivity contribution < 1.29 is 14.6 Å². The van der Waals surface area contributed by atoms with Gasteiger partial charge in [0.25, 0.3) is 0 Å². The van der Waals surface area contributed by atoms with Crippen molar-refractivity contribution in [1.29, 1.82) is 0 Å². The summed E-state index contributed by atoms with van der Waals surface area (Å²) in [7, 11) is 1.57. The third-order valence-corrected chi connectivity index (χ3v) is 4.71. The smallest absolute Gasteiger partial charge is 0.306 e. The molecule has 0 saturated carbocycles. The molecule has 0 amide bonds. The van der Waals surface area contributed by atoms with Crippen LogP contribution in [0.25, 0.3) is 0 Å². The number of aryl methyl sites for hydroxylation is 1. The lowest BCUT2D eigenvalue weighted by molar-refractivity contribution is -0.142. The van der Waals surface area contributed by atoms with Crippen LogP contribution in [0, 0.1) is 12.8 Å². The molecule has 0 bridgehead atoms.